The minimum atomic E-state index is -0.894. The summed E-state index contributed by atoms with van der Waals surface area (Å²) < 4.78 is 0.817. The lowest BCUT2D eigenvalue weighted by atomic mass is 9.94. The van der Waals surface area contributed by atoms with Crippen molar-refractivity contribution in [3.63, 3.8) is 0 Å². The number of carboxylic acids is 1. The number of aliphatic hydroxyl groups excluding tert-OH is 1. The number of halogens is 1. The molecule has 2 atom stereocenters. The Morgan fingerprint density at radius 2 is 2.12 bits per heavy atom. The van der Waals surface area contributed by atoms with Gasteiger partial charge in [-0.25, -0.2) is 0 Å². The highest BCUT2D eigenvalue weighted by atomic mass is 79.9. The number of hydrogen-bond acceptors (Lipinski definition) is 2. The Morgan fingerprint density at radius 3 is 2.62 bits per heavy atom. The molecule has 0 saturated heterocycles. The van der Waals surface area contributed by atoms with Crippen molar-refractivity contribution < 1.29 is 15.0 Å². The predicted molar refractivity (Wildman–Crippen MR) is 65.3 cm³/mol. The number of aryl methyl sites for hydroxylation is 1. The average Bonchev–Trinajstić information content (AvgIpc) is 2.15. The van der Waals surface area contributed by atoms with Crippen molar-refractivity contribution in [2.24, 2.45) is 5.92 Å². The summed E-state index contributed by atoms with van der Waals surface area (Å²) in [4.78, 5) is 10.6. The van der Waals surface area contributed by atoms with Crippen LogP contribution in [-0.2, 0) is 4.79 Å². The SMILES string of the molecule is Cc1ccc(C(O)C(C)CC(=O)O)c(Br)c1. The lowest BCUT2D eigenvalue weighted by Crippen LogP contribution is -2.14. The number of rotatable bonds is 4. The zero-order chi connectivity index (χ0) is 12.3. The highest BCUT2D eigenvalue weighted by Gasteiger charge is 2.20. The Balaban J connectivity index is 2.87. The molecule has 0 radical (unpaired) electrons. The number of carbonyl (C=O) groups is 1. The molecule has 0 aliphatic carbocycles. The monoisotopic (exact) mass is 286 g/mol. The van der Waals surface area contributed by atoms with Crippen LogP contribution in [0.5, 0.6) is 0 Å². The molecule has 0 aliphatic rings. The first kappa shape index (κ1) is 13.2. The van der Waals surface area contributed by atoms with Gasteiger partial charge in [0.15, 0.2) is 0 Å². The second-order valence-corrected chi connectivity index (χ2v) is 4.90. The van der Waals surface area contributed by atoms with E-state index in [1.165, 1.54) is 0 Å². The highest BCUT2D eigenvalue weighted by molar-refractivity contribution is 9.10. The van der Waals surface area contributed by atoms with Crippen molar-refractivity contribution in [3.8, 4) is 0 Å². The van der Waals surface area contributed by atoms with E-state index in [1.54, 1.807) is 6.92 Å². The molecule has 0 spiro atoms. The van der Waals surface area contributed by atoms with E-state index in [1.807, 2.05) is 25.1 Å². The van der Waals surface area contributed by atoms with Gasteiger partial charge in [-0.3, -0.25) is 4.79 Å². The number of hydrogen-bond donors (Lipinski definition) is 2. The second-order valence-electron chi connectivity index (χ2n) is 4.04. The molecule has 2 unspecified atom stereocenters. The van der Waals surface area contributed by atoms with Crippen LogP contribution in [0.3, 0.4) is 0 Å². The molecule has 0 heterocycles. The molecule has 1 rings (SSSR count). The van der Waals surface area contributed by atoms with Crippen LogP contribution < -0.4 is 0 Å². The summed E-state index contributed by atoms with van der Waals surface area (Å²) in [6, 6.07) is 5.63. The fourth-order valence-electron chi connectivity index (χ4n) is 1.57. The molecule has 1 aromatic carbocycles. The zero-order valence-electron chi connectivity index (χ0n) is 9.27. The van der Waals surface area contributed by atoms with Gasteiger partial charge in [0.25, 0.3) is 0 Å². The minimum Gasteiger partial charge on any atom is -0.481 e. The van der Waals surface area contributed by atoms with E-state index in [-0.39, 0.29) is 12.3 Å². The van der Waals surface area contributed by atoms with Gasteiger partial charge >= 0.3 is 5.97 Å². The molecule has 4 heteroatoms. The Hall–Kier alpha value is -0.870. The molecule has 2 N–H and O–H groups in total. The van der Waals surface area contributed by atoms with Gasteiger partial charge in [-0.05, 0) is 30.0 Å². The van der Waals surface area contributed by atoms with E-state index >= 15 is 0 Å². The fraction of sp³-hybridized carbons (Fsp3) is 0.417. The van der Waals surface area contributed by atoms with Gasteiger partial charge in [-0.15, -0.1) is 0 Å². The van der Waals surface area contributed by atoms with Crippen molar-refractivity contribution in [2.75, 3.05) is 0 Å². The minimum absolute atomic E-state index is 0.0402. The maximum absolute atomic E-state index is 10.6. The summed E-state index contributed by atoms with van der Waals surface area (Å²) in [5.74, 6) is -1.20. The topological polar surface area (TPSA) is 57.5 Å². The summed E-state index contributed by atoms with van der Waals surface area (Å²) in [5.41, 5.74) is 1.83. The van der Waals surface area contributed by atoms with Gasteiger partial charge in [-0.2, -0.15) is 0 Å². The van der Waals surface area contributed by atoms with E-state index in [2.05, 4.69) is 15.9 Å². The van der Waals surface area contributed by atoms with Crippen molar-refractivity contribution in [3.05, 3.63) is 33.8 Å². The predicted octanol–water partition coefficient (Wildman–Crippen LogP) is 2.90. The standard InChI is InChI=1S/C12H15BrO3/c1-7-3-4-9(10(13)5-7)12(16)8(2)6-11(14)15/h3-5,8,12,16H,6H2,1-2H3,(H,14,15). The van der Waals surface area contributed by atoms with Crippen LogP contribution in [0.4, 0.5) is 0 Å². The van der Waals surface area contributed by atoms with Crippen LogP contribution >= 0.6 is 15.9 Å². The highest BCUT2D eigenvalue weighted by Crippen LogP contribution is 2.30. The first-order valence-corrected chi connectivity index (χ1v) is 5.87. The zero-order valence-corrected chi connectivity index (χ0v) is 10.9. The van der Waals surface area contributed by atoms with Gasteiger partial charge in [-0.1, -0.05) is 35.0 Å². The maximum Gasteiger partial charge on any atom is 0.303 e. The van der Waals surface area contributed by atoms with Gasteiger partial charge in [0.2, 0.25) is 0 Å². The molecule has 0 amide bonds. The van der Waals surface area contributed by atoms with Crippen molar-refractivity contribution >= 4 is 21.9 Å². The first-order valence-electron chi connectivity index (χ1n) is 5.07. The third kappa shape index (κ3) is 3.32. The normalized spacial score (nSPS) is 14.5. The number of aliphatic carboxylic acids is 1. The smallest absolute Gasteiger partial charge is 0.303 e. The third-order valence-corrected chi connectivity index (χ3v) is 3.20. The molecule has 1 aromatic rings. The van der Waals surface area contributed by atoms with Crippen molar-refractivity contribution in [1.29, 1.82) is 0 Å². The lowest BCUT2D eigenvalue weighted by Gasteiger charge is -2.19. The number of benzene rings is 1. The summed E-state index contributed by atoms with van der Waals surface area (Å²) in [6.45, 7) is 3.69. The van der Waals surface area contributed by atoms with Gasteiger partial charge in [0.1, 0.15) is 0 Å². The molecular weight excluding hydrogens is 272 g/mol. The Kier molecular flexibility index (Phi) is 4.50. The van der Waals surface area contributed by atoms with Crippen LogP contribution in [0.1, 0.15) is 30.6 Å². The van der Waals surface area contributed by atoms with Crippen molar-refractivity contribution in [1.82, 2.24) is 0 Å². The van der Waals surface area contributed by atoms with E-state index in [4.69, 9.17) is 5.11 Å². The Bertz CT molecular complexity index is 390. The van der Waals surface area contributed by atoms with E-state index in [0.717, 1.165) is 15.6 Å². The maximum atomic E-state index is 10.6. The van der Waals surface area contributed by atoms with Crippen LogP contribution in [-0.4, -0.2) is 16.2 Å². The van der Waals surface area contributed by atoms with Crippen LogP contribution in [0.25, 0.3) is 0 Å². The first-order chi connectivity index (χ1) is 7.41. The molecule has 0 fully saturated rings. The number of carboxylic acid groups (broad SMARTS) is 1. The largest absolute Gasteiger partial charge is 0.481 e. The Labute approximate surface area is 103 Å². The third-order valence-electron chi connectivity index (χ3n) is 2.51. The second kappa shape index (κ2) is 5.46. The Morgan fingerprint density at radius 1 is 1.50 bits per heavy atom. The molecule has 0 saturated carbocycles. The van der Waals surface area contributed by atoms with E-state index in [9.17, 15) is 9.90 Å². The molecule has 16 heavy (non-hydrogen) atoms. The summed E-state index contributed by atoms with van der Waals surface area (Å²) in [7, 11) is 0. The van der Waals surface area contributed by atoms with Gasteiger partial charge in [0, 0.05) is 4.47 Å². The van der Waals surface area contributed by atoms with Crippen LogP contribution in [0.15, 0.2) is 22.7 Å². The van der Waals surface area contributed by atoms with Crippen LogP contribution in [0.2, 0.25) is 0 Å². The van der Waals surface area contributed by atoms with E-state index < -0.39 is 12.1 Å². The fourth-order valence-corrected chi connectivity index (χ4v) is 2.29. The summed E-state index contributed by atoms with van der Waals surface area (Å²) in [5, 5.41) is 18.7. The summed E-state index contributed by atoms with van der Waals surface area (Å²) >= 11 is 3.37. The molecule has 0 aromatic heterocycles. The van der Waals surface area contributed by atoms with Gasteiger partial charge < -0.3 is 10.2 Å². The molecule has 0 aliphatic heterocycles. The molecular formula is C12H15BrO3. The van der Waals surface area contributed by atoms with Crippen LogP contribution in [0, 0.1) is 12.8 Å². The number of aliphatic hydroxyl groups is 1. The average molecular weight is 287 g/mol. The quantitative estimate of drug-likeness (QED) is 0.895. The van der Waals surface area contributed by atoms with Crippen molar-refractivity contribution in [2.45, 2.75) is 26.4 Å². The molecule has 3 nitrogen and oxygen atoms in total. The summed E-state index contributed by atoms with van der Waals surface area (Å²) in [6.07, 6.45) is -0.798. The lowest BCUT2D eigenvalue weighted by molar-refractivity contribution is -0.139. The van der Waals surface area contributed by atoms with E-state index in [0.29, 0.717) is 0 Å². The van der Waals surface area contributed by atoms with Gasteiger partial charge in [0.05, 0.1) is 12.5 Å². The molecule has 88 valence electrons. The molecule has 0 bridgehead atoms.